The van der Waals surface area contributed by atoms with Crippen LogP contribution < -0.4 is 9.47 Å². The van der Waals surface area contributed by atoms with E-state index in [1.807, 2.05) is 6.92 Å². The van der Waals surface area contributed by atoms with Crippen LogP contribution in [-0.2, 0) is 4.79 Å². The Hall–Kier alpha value is -1.92. The van der Waals surface area contributed by atoms with Crippen molar-refractivity contribution in [2.24, 2.45) is 0 Å². The number of amides is 2. The Kier molecular flexibility index (Phi) is 5.74. The first kappa shape index (κ1) is 17.4. The highest BCUT2D eigenvalue weighted by atomic mass is 35.5. The van der Waals surface area contributed by atoms with Gasteiger partial charge in [0.05, 0.1) is 23.6 Å². The van der Waals surface area contributed by atoms with Crippen LogP contribution in [0.1, 0.15) is 12.5 Å². The lowest BCUT2D eigenvalue weighted by molar-refractivity contribution is -0.122. The number of nitrogens with zero attached hydrogens (tertiary/aromatic N) is 1. The van der Waals surface area contributed by atoms with Gasteiger partial charge in [0.2, 0.25) is 0 Å². The quantitative estimate of drug-likeness (QED) is 0.572. The van der Waals surface area contributed by atoms with Gasteiger partial charge in [-0.1, -0.05) is 17.7 Å². The van der Waals surface area contributed by atoms with Crippen molar-refractivity contribution in [2.75, 3.05) is 20.3 Å². The van der Waals surface area contributed by atoms with Crippen molar-refractivity contribution in [3.63, 3.8) is 0 Å². The number of halogens is 1. The fourth-order valence-electron chi connectivity index (χ4n) is 2.02. The highest BCUT2D eigenvalue weighted by Gasteiger charge is 2.34. The number of carbonyl (C=O) groups is 2. The Balaban J connectivity index is 2.37. The molecular formula is C16H16ClNO4S. The van der Waals surface area contributed by atoms with Gasteiger partial charge < -0.3 is 9.47 Å². The van der Waals surface area contributed by atoms with Crippen molar-refractivity contribution in [3.8, 4) is 11.5 Å². The zero-order valence-electron chi connectivity index (χ0n) is 12.8. The van der Waals surface area contributed by atoms with E-state index in [0.29, 0.717) is 33.6 Å². The van der Waals surface area contributed by atoms with E-state index in [1.54, 1.807) is 18.2 Å². The van der Waals surface area contributed by atoms with Crippen molar-refractivity contribution >= 4 is 40.6 Å². The molecule has 0 spiro atoms. The van der Waals surface area contributed by atoms with E-state index < -0.39 is 0 Å². The van der Waals surface area contributed by atoms with E-state index in [-0.39, 0.29) is 17.7 Å². The van der Waals surface area contributed by atoms with Crippen LogP contribution in [0.4, 0.5) is 4.79 Å². The first-order valence-corrected chi connectivity index (χ1v) is 8.07. The molecule has 1 fully saturated rings. The van der Waals surface area contributed by atoms with Gasteiger partial charge >= 0.3 is 0 Å². The highest BCUT2D eigenvalue weighted by molar-refractivity contribution is 8.18. The summed E-state index contributed by atoms with van der Waals surface area (Å²) < 4.78 is 10.7. The second-order valence-corrected chi connectivity index (χ2v) is 5.94. The van der Waals surface area contributed by atoms with E-state index in [0.717, 1.165) is 16.7 Å². The first-order valence-electron chi connectivity index (χ1n) is 6.88. The average Bonchev–Trinajstić information content (AvgIpc) is 2.78. The van der Waals surface area contributed by atoms with Crippen LogP contribution in [0, 0.1) is 0 Å². The molecule has 1 aromatic carbocycles. The van der Waals surface area contributed by atoms with Gasteiger partial charge in [-0.15, -0.1) is 6.58 Å². The molecule has 23 heavy (non-hydrogen) atoms. The summed E-state index contributed by atoms with van der Waals surface area (Å²) in [6.45, 7) is 6.06. The number of benzene rings is 1. The molecule has 7 heteroatoms. The summed E-state index contributed by atoms with van der Waals surface area (Å²) >= 11 is 7.11. The molecule has 2 amide bonds. The Morgan fingerprint density at radius 2 is 2.09 bits per heavy atom. The second-order valence-electron chi connectivity index (χ2n) is 4.54. The van der Waals surface area contributed by atoms with Gasteiger partial charge in [-0.3, -0.25) is 14.5 Å². The number of hydrogen-bond donors (Lipinski definition) is 0. The summed E-state index contributed by atoms with van der Waals surface area (Å²) in [5, 5.41) is 0.0833. The third kappa shape index (κ3) is 3.71. The molecule has 2 rings (SSSR count). The Morgan fingerprint density at radius 3 is 2.70 bits per heavy atom. The maximum absolute atomic E-state index is 12.2. The predicted molar refractivity (Wildman–Crippen MR) is 92.0 cm³/mol. The molecule has 1 aromatic rings. The zero-order valence-corrected chi connectivity index (χ0v) is 14.4. The lowest BCUT2D eigenvalue weighted by Crippen LogP contribution is -2.27. The fourth-order valence-corrected chi connectivity index (χ4v) is 3.06. The number of thioether (sulfide) groups is 1. The highest BCUT2D eigenvalue weighted by Crippen LogP contribution is 2.37. The predicted octanol–water partition coefficient (Wildman–Crippen LogP) is 3.97. The molecule has 0 bridgehead atoms. The molecule has 0 aliphatic carbocycles. The summed E-state index contributed by atoms with van der Waals surface area (Å²) in [5.41, 5.74) is 0.580. The minimum absolute atomic E-state index is 0.183. The summed E-state index contributed by atoms with van der Waals surface area (Å²) in [6, 6.07) is 3.30. The van der Waals surface area contributed by atoms with Crippen molar-refractivity contribution in [1.29, 1.82) is 0 Å². The zero-order chi connectivity index (χ0) is 17.0. The minimum atomic E-state index is -0.358. The molecule has 0 N–H and O–H groups in total. The molecule has 0 saturated carbocycles. The van der Waals surface area contributed by atoms with Crippen LogP contribution in [0.25, 0.3) is 6.08 Å². The minimum Gasteiger partial charge on any atom is -0.493 e. The Bertz CT molecular complexity index is 687. The van der Waals surface area contributed by atoms with Gasteiger partial charge in [-0.05, 0) is 36.4 Å². The van der Waals surface area contributed by atoms with E-state index in [9.17, 15) is 9.59 Å². The molecule has 1 saturated heterocycles. The summed E-state index contributed by atoms with van der Waals surface area (Å²) in [4.78, 5) is 25.5. The van der Waals surface area contributed by atoms with Crippen LogP contribution in [0.2, 0.25) is 5.02 Å². The molecule has 122 valence electrons. The summed E-state index contributed by atoms with van der Waals surface area (Å²) in [5.74, 6) is 0.675. The molecular weight excluding hydrogens is 338 g/mol. The SMILES string of the molecule is C=CCN1C(=O)S/C(=C/c2cc(OC)c(OCC)cc2Cl)C1=O. The van der Waals surface area contributed by atoms with Crippen LogP contribution in [0.3, 0.4) is 0 Å². The third-order valence-corrected chi connectivity index (χ3v) is 4.29. The van der Waals surface area contributed by atoms with Crippen molar-refractivity contribution in [3.05, 3.63) is 40.3 Å². The maximum Gasteiger partial charge on any atom is 0.293 e. The van der Waals surface area contributed by atoms with Gasteiger partial charge in [0.25, 0.3) is 11.1 Å². The van der Waals surface area contributed by atoms with Crippen molar-refractivity contribution in [1.82, 2.24) is 4.90 Å². The van der Waals surface area contributed by atoms with E-state index in [2.05, 4.69) is 6.58 Å². The Morgan fingerprint density at radius 1 is 1.35 bits per heavy atom. The standard InChI is InChI=1S/C16H16ClNO4S/c1-4-6-18-15(19)14(23-16(18)20)8-10-7-12(21-3)13(22-5-2)9-11(10)17/h4,7-9H,1,5-6H2,2-3H3/b14-8+. The lowest BCUT2D eigenvalue weighted by atomic mass is 10.1. The number of rotatable bonds is 6. The van der Waals surface area contributed by atoms with Crippen LogP contribution in [0.15, 0.2) is 29.7 Å². The average molecular weight is 354 g/mol. The fraction of sp³-hybridized carbons (Fsp3) is 0.250. The lowest BCUT2D eigenvalue weighted by Gasteiger charge is -2.11. The molecule has 0 aromatic heterocycles. The smallest absolute Gasteiger partial charge is 0.293 e. The summed E-state index contributed by atoms with van der Waals surface area (Å²) in [6.07, 6.45) is 3.08. The van der Waals surface area contributed by atoms with Crippen molar-refractivity contribution < 1.29 is 19.1 Å². The topological polar surface area (TPSA) is 55.8 Å². The van der Waals surface area contributed by atoms with Gasteiger partial charge in [-0.2, -0.15) is 0 Å². The van der Waals surface area contributed by atoms with Crippen LogP contribution in [-0.4, -0.2) is 36.3 Å². The van der Waals surface area contributed by atoms with E-state index in [4.69, 9.17) is 21.1 Å². The van der Waals surface area contributed by atoms with Crippen LogP contribution in [0.5, 0.6) is 11.5 Å². The molecule has 1 aliphatic heterocycles. The monoisotopic (exact) mass is 353 g/mol. The van der Waals surface area contributed by atoms with Gasteiger partial charge in [0.1, 0.15) is 0 Å². The summed E-state index contributed by atoms with van der Waals surface area (Å²) in [7, 11) is 1.52. The number of carbonyl (C=O) groups excluding carboxylic acids is 2. The van der Waals surface area contributed by atoms with Crippen molar-refractivity contribution in [2.45, 2.75) is 6.92 Å². The van der Waals surface area contributed by atoms with Gasteiger partial charge in [0.15, 0.2) is 11.5 Å². The number of hydrogen-bond acceptors (Lipinski definition) is 5. The van der Waals surface area contributed by atoms with E-state index >= 15 is 0 Å². The molecule has 1 aliphatic rings. The number of ether oxygens (including phenoxy) is 2. The van der Waals surface area contributed by atoms with E-state index in [1.165, 1.54) is 13.2 Å². The molecule has 5 nitrogen and oxygen atoms in total. The maximum atomic E-state index is 12.2. The Labute approximate surface area is 143 Å². The number of imide groups is 1. The largest absolute Gasteiger partial charge is 0.493 e. The second kappa shape index (κ2) is 7.57. The third-order valence-electron chi connectivity index (χ3n) is 3.05. The number of methoxy groups -OCH3 is 1. The van der Waals surface area contributed by atoms with Crippen LogP contribution >= 0.6 is 23.4 Å². The van der Waals surface area contributed by atoms with Gasteiger partial charge in [0, 0.05) is 12.6 Å². The molecule has 0 unspecified atom stereocenters. The molecule has 0 radical (unpaired) electrons. The molecule has 0 atom stereocenters. The van der Waals surface area contributed by atoms with Gasteiger partial charge in [-0.25, -0.2) is 0 Å². The first-order chi connectivity index (χ1) is 11.0. The molecule has 1 heterocycles. The normalized spacial score (nSPS) is 16.1.